The van der Waals surface area contributed by atoms with E-state index in [-0.39, 0.29) is 35.2 Å². The molecule has 1 fully saturated rings. The normalized spacial score (nSPS) is 14.3. The number of thioether (sulfide) groups is 1. The first-order valence-electron chi connectivity index (χ1n) is 12.0. The topological polar surface area (TPSA) is 75.7 Å². The Hall–Kier alpha value is -3.78. The van der Waals surface area contributed by atoms with Gasteiger partial charge in [0.05, 0.1) is 16.5 Å². The number of imide groups is 1. The van der Waals surface area contributed by atoms with Gasteiger partial charge < -0.3 is 10.1 Å². The highest BCUT2D eigenvalue weighted by molar-refractivity contribution is 8.18. The lowest BCUT2D eigenvalue weighted by molar-refractivity contribution is -0.123. The molecule has 0 spiro atoms. The Labute approximate surface area is 239 Å². The van der Waals surface area contributed by atoms with E-state index >= 15 is 0 Å². The van der Waals surface area contributed by atoms with Crippen LogP contribution < -0.4 is 10.1 Å². The molecular weight excluding hydrogens is 555 g/mol. The van der Waals surface area contributed by atoms with Crippen LogP contribution in [0.15, 0.2) is 83.8 Å². The van der Waals surface area contributed by atoms with Crippen LogP contribution in [0.25, 0.3) is 16.8 Å². The van der Waals surface area contributed by atoms with E-state index in [0.29, 0.717) is 26.9 Å². The van der Waals surface area contributed by atoms with E-state index in [0.717, 1.165) is 33.7 Å². The fraction of sp³-hybridized carbons (Fsp3) is 0.100. The molecule has 0 unspecified atom stereocenters. The number of aryl methyl sites for hydroxylation is 1. The van der Waals surface area contributed by atoms with E-state index in [1.54, 1.807) is 36.4 Å². The van der Waals surface area contributed by atoms with Gasteiger partial charge >= 0.3 is 0 Å². The Morgan fingerprint density at radius 3 is 2.56 bits per heavy atom. The zero-order valence-corrected chi connectivity index (χ0v) is 23.1. The lowest BCUT2D eigenvalue weighted by Gasteiger charge is -2.14. The van der Waals surface area contributed by atoms with Crippen LogP contribution in [0.2, 0.25) is 10.0 Å². The largest absolute Gasteiger partial charge is 0.482 e. The molecule has 0 atom stereocenters. The molecule has 39 heavy (non-hydrogen) atoms. The molecular formula is C30H22Cl2N2O4S. The van der Waals surface area contributed by atoms with Gasteiger partial charge in [-0.1, -0.05) is 77.8 Å². The number of hydrogen-bond donors (Lipinski definition) is 1. The van der Waals surface area contributed by atoms with Gasteiger partial charge in [-0.3, -0.25) is 19.3 Å². The highest BCUT2D eigenvalue weighted by Gasteiger charge is 2.35. The summed E-state index contributed by atoms with van der Waals surface area (Å²) in [5, 5.41) is 5.27. The van der Waals surface area contributed by atoms with E-state index in [4.69, 9.17) is 27.9 Å². The van der Waals surface area contributed by atoms with Crippen LogP contribution in [0.1, 0.15) is 16.7 Å². The minimum atomic E-state index is -0.366. The zero-order chi connectivity index (χ0) is 27.5. The van der Waals surface area contributed by atoms with Crippen LogP contribution >= 0.6 is 35.0 Å². The standard InChI is InChI=1S/C30H22Cl2N2O4S/c1-18-9-11-22(15-24(18)31)33-28(35)17-38-26-12-10-19(13-25(26)32)14-27-29(36)34(30(37)39-27)16-21-7-4-6-20-5-2-3-8-23(20)21/h2-15H,16-17H2,1H3,(H,33,35)/b27-14-. The molecule has 0 radical (unpaired) electrons. The minimum Gasteiger partial charge on any atom is -0.482 e. The third kappa shape index (κ3) is 6.11. The molecule has 1 heterocycles. The summed E-state index contributed by atoms with van der Waals surface area (Å²) >= 11 is 13.4. The van der Waals surface area contributed by atoms with Crippen LogP contribution in [-0.2, 0) is 16.1 Å². The van der Waals surface area contributed by atoms with Gasteiger partial charge in [-0.25, -0.2) is 0 Å². The molecule has 4 aromatic carbocycles. The number of hydrogen-bond acceptors (Lipinski definition) is 5. The van der Waals surface area contributed by atoms with Crippen molar-refractivity contribution in [3.63, 3.8) is 0 Å². The van der Waals surface area contributed by atoms with E-state index in [9.17, 15) is 14.4 Å². The Kier molecular flexibility index (Phi) is 7.93. The average molecular weight is 577 g/mol. The number of nitrogens with one attached hydrogen (secondary N) is 1. The van der Waals surface area contributed by atoms with Crippen molar-refractivity contribution >= 4 is 74.6 Å². The molecule has 6 nitrogen and oxygen atoms in total. The van der Waals surface area contributed by atoms with Crippen LogP contribution in [-0.4, -0.2) is 28.6 Å². The Morgan fingerprint density at radius 2 is 1.77 bits per heavy atom. The van der Waals surface area contributed by atoms with E-state index < -0.39 is 0 Å². The second-order valence-electron chi connectivity index (χ2n) is 8.90. The lowest BCUT2D eigenvalue weighted by atomic mass is 10.0. The predicted octanol–water partition coefficient (Wildman–Crippen LogP) is 7.71. The van der Waals surface area contributed by atoms with E-state index in [1.165, 1.54) is 4.90 Å². The summed E-state index contributed by atoms with van der Waals surface area (Å²) in [4.78, 5) is 39.6. The highest BCUT2D eigenvalue weighted by Crippen LogP contribution is 2.35. The van der Waals surface area contributed by atoms with Gasteiger partial charge in [0.1, 0.15) is 5.75 Å². The maximum atomic E-state index is 13.1. The molecule has 9 heteroatoms. The van der Waals surface area contributed by atoms with Gasteiger partial charge in [-0.05, 0) is 76.5 Å². The zero-order valence-electron chi connectivity index (χ0n) is 20.7. The quantitative estimate of drug-likeness (QED) is 0.228. The van der Waals surface area contributed by atoms with Crippen molar-refractivity contribution in [1.82, 2.24) is 4.90 Å². The summed E-state index contributed by atoms with van der Waals surface area (Å²) in [6, 6.07) is 23.9. The first-order chi connectivity index (χ1) is 18.8. The van der Waals surface area contributed by atoms with Crippen LogP contribution in [0.5, 0.6) is 5.75 Å². The SMILES string of the molecule is Cc1ccc(NC(=O)COc2ccc(/C=C3\SC(=O)N(Cc4cccc5ccccc45)C3=O)cc2Cl)cc1Cl. The van der Waals surface area contributed by atoms with Gasteiger partial charge in [-0.15, -0.1) is 0 Å². The molecule has 1 aliphatic rings. The van der Waals surface area contributed by atoms with Gasteiger partial charge in [0.2, 0.25) is 0 Å². The minimum absolute atomic E-state index is 0.188. The predicted molar refractivity (Wildman–Crippen MR) is 157 cm³/mol. The second-order valence-corrected chi connectivity index (χ2v) is 10.7. The number of halogens is 2. The summed E-state index contributed by atoms with van der Waals surface area (Å²) in [5.41, 5.74) is 3.00. The third-order valence-corrected chi connectivity index (χ3v) is 7.76. The molecule has 1 saturated heterocycles. The molecule has 196 valence electrons. The van der Waals surface area contributed by atoms with Crippen LogP contribution in [0.4, 0.5) is 10.5 Å². The first kappa shape index (κ1) is 26.8. The molecule has 0 aromatic heterocycles. The molecule has 0 bridgehead atoms. The number of anilines is 1. The number of nitrogens with zero attached hydrogens (tertiary/aromatic N) is 1. The van der Waals surface area contributed by atoms with Gasteiger partial charge in [0.15, 0.2) is 6.61 Å². The van der Waals surface area contributed by atoms with Crippen molar-refractivity contribution in [3.8, 4) is 5.75 Å². The summed E-state index contributed by atoms with van der Waals surface area (Å²) in [6.07, 6.45) is 1.62. The van der Waals surface area contributed by atoms with Crippen molar-refractivity contribution in [2.24, 2.45) is 0 Å². The molecule has 5 rings (SSSR count). The fourth-order valence-corrected chi connectivity index (χ4v) is 5.39. The van der Waals surface area contributed by atoms with Gasteiger partial charge in [-0.2, -0.15) is 0 Å². The summed E-state index contributed by atoms with van der Waals surface area (Å²) in [6.45, 7) is 1.81. The van der Waals surface area contributed by atoms with Crippen LogP contribution in [0.3, 0.4) is 0 Å². The monoisotopic (exact) mass is 576 g/mol. The lowest BCUT2D eigenvalue weighted by Crippen LogP contribution is -2.27. The van der Waals surface area contributed by atoms with Crippen molar-refractivity contribution in [2.75, 3.05) is 11.9 Å². The maximum absolute atomic E-state index is 13.1. The van der Waals surface area contributed by atoms with Crippen molar-refractivity contribution < 1.29 is 19.1 Å². The molecule has 0 aliphatic carbocycles. The summed E-state index contributed by atoms with van der Waals surface area (Å²) < 4.78 is 5.57. The van der Waals surface area contributed by atoms with Crippen molar-refractivity contribution in [2.45, 2.75) is 13.5 Å². The average Bonchev–Trinajstić information content (AvgIpc) is 3.17. The molecule has 4 aromatic rings. The van der Waals surface area contributed by atoms with Crippen molar-refractivity contribution in [1.29, 1.82) is 0 Å². The second kappa shape index (κ2) is 11.5. The summed E-state index contributed by atoms with van der Waals surface area (Å²) in [5.74, 6) is -0.410. The highest BCUT2D eigenvalue weighted by atomic mass is 35.5. The third-order valence-electron chi connectivity index (χ3n) is 6.15. The van der Waals surface area contributed by atoms with E-state index in [1.807, 2.05) is 55.5 Å². The number of amides is 3. The number of rotatable bonds is 7. The van der Waals surface area contributed by atoms with Gasteiger partial charge in [0, 0.05) is 10.7 Å². The molecule has 0 saturated carbocycles. The Morgan fingerprint density at radius 1 is 0.974 bits per heavy atom. The fourth-order valence-electron chi connectivity index (χ4n) is 4.12. The van der Waals surface area contributed by atoms with E-state index in [2.05, 4.69) is 5.32 Å². The van der Waals surface area contributed by atoms with Crippen molar-refractivity contribution in [3.05, 3.63) is 111 Å². The molecule has 1 aliphatic heterocycles. The number of carbonyl (C=O) groups excluding carboxylic acids is 3. The first-order valence-corrected chi connectivity index (χ1v) is 13.6. The Bertz CT molecular complexity index is 1650. The van der Waals surface area contributed by atoms with Gasteiger partial charge in [0.25, 0.3) is 17.1 Å². The number of fused-ring (bicyclic) bond motifs is 1. The molecule has 3 amide bonds. The summed E-state index contributed by atoms with van der Waals surface area (Å²) in [7, 11) is 0. The Balaban J connectivity index is 1.24. The molecule has 1 N–H and O–H groups in total. The van der Waals surface area contributed by atoms with Crippen LogP contribution in [0, 0.1) is 6.92 Å². The number of ether oxygens (including phenoxy) is 1. The number of carbonyl (C=O) groups is 3. The maximum Gasteiger partial charge on any atom is 0.293 e. The smallest absolute Gasteiger partial charge is 0.293 e. The number of benzene rings is 4.